The van der Waals surface area contributed by atoms with Gasteiger partial charge in [-0.05, 0) is 17.5 Å². The van der Waals surface area contributed by atoms with Crippen molar-refractivity contribution in [1.29, 1.82) is 0 Å². The van der Waals surface area contributed by atoms with E-state index in [0.29, 0.717) is 19.8 Å². The average molecular weight is 327 g/mol. The number of rotatable bonds is 8. The minimum absolute atomic E-state index is 0.117. The topological polar surface area (TPSA) is 41.9 Å². The van der Waals surface area contributed by atoms with Gasteiger partial charge in [-0.15, -0.1) is 0 Å². The van der Waals surface area contributed by atoms with Crippen LogP contribution >= 0.6 is 0 Å². The van der Waals surface area contributed by atoms with E-state index in [-0.39, 0.29) is 18.9 Å². The highest BCUT2D eigenvalue weighted by Crippen LogP contribution is 2.29. The number of aliphatic hydroxyl groups is 1. The fourth-order valence-corrected chi connectivity index (χ4v) is 3.19. The van der Waals surface area contributed by atoms with Gasteiger partial charge in [0.1, 0.15) is 0 Å². The Labute approximate surface area is 143 Å². The fourth-order valence-electron chi connectivity index (χ4n) is 3.19. The van der Waals surface area contributed by atoms with E-state index in [1.165, 1.54) is 11.1 Å². The Kier molecular flexibility index (Phi) is 6.38. The molecular weight excluding hydrogens is 302 g/mol. The number of nitrogens with zero attached hydrogens (tertiary/aromatic N) is 1. The first-order valence-electron chi connectivity index (χ1n) is 8.56. The Bertz CT molecular complexity index is 545. The van der Waals surface area contributed by atoms with E-state index < -0.39 is 0 Å². The van der Waals surface area contributed by atoms with Crippen LogP contribution in [0.3, 0.4) is 0 Å². The maximum absolute atomic E-state index is 9.31. The van der Waals surface area contributed by atoms with Crippen LogP contribution in [0.5, 0.6) is 0 Å². The Balaban J connectivity index is 1.89. The zero-order valence-electron chi connectivity index (χ0n) is 13.9. The summed E-state index contributed by atoms with van der Waals surface area (Å²) in [6.45, 7) is 2.96. The van der Waals surface area contributed by atoms with Crippen molar-refractivity contribution < 1.29 is 14.6 Å². The maximum atomic E-state index is 9.31. The minimum atomic E-state index is -0.196. The van der Waals surface area contributed by atoms with Crippen molar-refractivity contribution in [2.45, 2.75) is 18.8 Å². The molecule has 4 heteroatoms. The summed E-state index contributed by atoms with van der Waals surface area (Å²) >= 11 is 0. The summed E-state index contributed by atoms with van der Waals surface area (Å²) < 4.78 is 11.3. The molecule has 0 atom stereocenters. The summed E-state index contributed by atoms with van der Waals surface area (Å²) in [4.78, 5) is 2.34. The summed E-state index contributed by atoms with van der Waals surface area (Å²) in [5.41, 5.74) is 2.47. The van der Waals surface area contributed by atoms with Crippen LogP contribution in [0.25, 0.3) is 0 Å². The average Bonchev–Trinajstić information content (AvgIpc) is 3.15. The summed E-state index contributed by atoms with van der Waals surface area (Å²) in [7, 11) is 0. The summed E-state index contributed by atoms with van der Waals surface area (Å²) in [6, 6.07) is 21.1. The third-order valence-electron chi connectivity index (χ3n) is 4.27. The molecule has 1 saturated heterocycles. The van der Waals surface area contributed by atoms with E-state index >= 15 is 0 Å². The highest BCUT2D eigenvalue weighted by atomic mass is 16.7. The molecular formula is C20H25NO3. The molecule has 2 aromatic carbocycles. The van der Waals surface area contributed by atoms with Crippen molar-refractivity contribution in [3.05, 3.63) is 71.8 Å². The van der Waals surface area contributed by atoms with Crippen LogP contribution in [0.4, 0.5) is 0 Å². The zero-order chi connectivity index (χ0) is 16.6. The smallest absolute Gasteiger partial charge is 0.170 e. The number of benzene rings is 2. The first-order valence-corrected chi connectivity index (χ1v) is 8.56. The lowest BCUT2D eigenvalue weighted by molar-refractivity contribution is -0.0671. The molecule has 4 nitrogen and oxygen atoms in total. The standard InChI is InChI=1S/C20H25NO3/c22-13-7-12-21(16-19-23-14-15-24-19)20(17-8-3-1-4-9-17)18-10-5-2-6-11-18/h1-6,8-11,19-20,22H,7,12-16H2. The first kappa shape index (κ1) is 17.1. The molecule has 128 valence electrons. The SMILES string of the molecule is OCCCN(CC1OCCO1)C(c1ccccc1)c1ccccc1. The lowest BCUT2D eigenvalue weighted by Gasteiger charge is -2.33. The van der Waals surface area contributed by atoms with E-state index in [1.807, 2.05) is 12.1 Å². The Hall–Kier alpha value is -1.72. The lowest BCUT2D eigenvalue weighted by atomic mass is 9.96. The fraction of sp³-hybridized carbons (Fsp3) is 0.400. The van der Waals surface area contributed by atoms with Gasteiger partial charge in [0, 0.05) is 13.2 Å². The molecule has 0 radical (unpaired) electrons. The van der Waals surface area contributed by atoms with Crippen molar-refractivity contribution in [3.63, 3.8) is 0 Å². The normalized spacial score (nSPS) is 15.5. The van der Waals surface area contributed by atoms with Gasteiger partial charge < -0.3 is 14.6 Å². The van der Waals surface area contributed by atoms with Crippen LogP contribution in [-0.4, -0.2) is 49.2 Å². The van der Waals surface area contributed by atoms with Crippen LogP contribution in [0.15, 0.2) is 60.7 Å². The molecule has 1 aliphatic heterocycles. The molecule has 0 amide bonds. The maximum Gasteiger partial charge on any atom is 0.170 e. The Morgan fingerprint density at radius 3 is 1.96 bits per heavy atom. The molecule has 0 bridgehead atoms. The third kappa shape index (κ3) is 4.42. The molecule has 1 heterocycles. The van der Waals surface area contributed by atoms with E-state index in [9.17, 15) is 5.11 Å². The molecule has 24 heavy (non-hydrogen) atoms. The highest BCUT2D eigenvalue weighted by Gasteiger charge is 2.27. The molecule has 0 spiro atoms. The van der Waals surface area contributed by atoms with Crippen LogP contribution < -0.4 is 0 Å². The number of hydrogen-bond donors (Lipinski definition) is 1. The number of hydrogen-bond acceptors (Lipinski definition) is 4. The van der Waals surface area contributed by atoms with Gasteiger partial charge in [0.2, 0.25) is 0 Å². The number of aliphatic hydroxyl groups excluding tert-OH is 1. The first-order chi connectivity index (χ1) is 11.9. The van der Waals surface area contributed by atoms with Gasteiger partial charge in [-0.25, -0.2) is 0 Å². The van der Waals surface area contributed by atoms with Crippen LogP contribution in [0.2, 0.25) is 0 Å². The van der Waals surface area contributed by atoms with Gasteiger partial charge in [-0.2, -0.15) is 0 Å². The zero-order valence-corrected chi connectivity index (χ0v) is 13.9. The van der Waals surface area contributed by atoms with Crippen LogP contribution in [0.1, 0.15) is 23.6 Å². The Morgan fingerprint density at radius 1 is 0.917 bits per heavy atom. The molecule has 1 aliphatic rings. The van der Waals surface area contributed by atoms with Crippen molar-refractivity contribution in [2.24, 2.45) is 0 Å². The monoisotopic (exact) mass is 327 g/mol. The third-order valence-corrected chi connectivity index (χ3v) is 4.27. The molecule has 1 N–H and O–H groups in total. The quantitative estimate of drug-likeness (QED) is 0.809. The van der Waals surface area contributed by atoms with Gasteiger partial charge >= 0.3 is 0 Å². The number of ether oxygens (including phenoxy) is 2. The summed E-state index contributed by atoms with van der Waals surface area (Å²) in [6.07, 6.45) is 0.529. The minimum Gasteiger partial charge on any atom is -0.396 e. The second-order valence-electron chi connectivity index (χ2n) is 5.97. The molecule has 0 saturated carbocycles. The van der Waals surface area contributed by atoms with Gasteiger partial charge in [0.25, 0.3) is 0 Å². The van der Waals surface area contributed by atoms with Gasteiger partial charge in [0.15, 0.2) is 6.29 Å². The molecule has 0 aromatic heterocycles. The largest absolute Gasteiger partial charge is 0.396 e. The van der Waals surface area contributed by atoms with Crippen molar-refractivity contribution >= 4 is 0 Å². The highest BCUT2D eigenvalue weighted by molar-refractivity contribution is 5.31. The van der Waals surface area contributed by atoms with E-state index in [0.717, 1.165) is 13.0 Å². The molecule has 0 aliphatic carbocycles. The van der Waals surface area contributed by atoms with E-state index in [4.69, 9.17) is 9.47 Å². The van der Waals surface area contributed by atoms with E-state index in [1.54, 1.807) is 0 Å². The lowest BCUT2D eigenvalue weighted by Crippen LogP contribution is -2.37. The molecule has 1 fully saturated rings. The molecule has 2 aromatic rings. The van der Waals surface area contributed by atoms with E-state index in [2.05, 4.69) is 53.4 Å². The van der Waals surface area contributed by atoms with Crippen LogP contribution in [-0.2, 0) is 9.47 Å². The molecule has 3 rings (SSSR count). The Morgan fingerprint density at radius 2 is 1.46 bits per heavy atom. The predicted octanol–water partition coefficient (Wildman–Crippen LogP) is 2.83. The van der Waals surface area contributed by atoms with Gasteiger partial charge in [0.05, 0.1) is 25.8 Å². The summed E-state index contributed by atoms with van der Waals surface area (Å²) in [5, 5.41) is 9.31. The van der Waals surface area contributed by atoms with Crippen molar-refractivity contribution in [1.82, 2.24) is 4.90 Å². The van der Waals surface area contributed by atoms with Crippen molar-refractivity contribution in [2.75, 3.05) is 32.9 Å². The van der Waals surface area contributed by atoms with Crippen LogP contribution in [0, 0.1) is 0 Å². The predicted molar refractivity (Wildman–Crippen MR) is 93.7 cm³/mol. The van der Waals surface area contributed by atoms with Gasteiger partial charge in [-0.3, -0.25) is 4.90 Å². The van der Waals surface area contributed by atoms with Gasteiger partial charge in [-0.1, -0.05) is 60.7 Å². The second-order valence-corrected chi connectivity index (χ2v) is 5.97. The van der Waals surface area contributed by atoms with Crippen molar-refractivity contribution in [3.8, 4) is 0 Å². The second kappa shape index (κ2) is 8.94. The summed E-state index contributed by atoms with van der Waals surface area (Å²) in [5.74, 6) is 0. The molecule has 0 unspecified atom stereocenters.